The number of carbonyl (C=O) groups is 1. The standard InChI is InChI=1S/C23H25F3N6OS.CH5N/c1-31-15-16(14-28-31)22(33)27-13-7-10-18-21(34-23(24,25)26)19-11-6-12-20(32(19)30-18)29-17-8-4-2-3-5-9-17;1-2/h6,11-12,14-15,17,29H,2-5,8-9,13H2,1H3,(H,27,33);2H2,1H3. The number of hydrogen-bond donors (Lipinski definition) is 3. The molecule has 8 nitrogen and oxygen atoms in total. The molecule has 36 heavy (non-hydrogen) atoms. The highest BCUT2D eigenvalue weighted by atomic mass is 32.2. The van der Waals surface area contributed by atoms with Crippen molar-refractivity contribution < 1.29 is 18.0 Å². The number of fused-ring (bicyclic) bond motifs is 1. The van der Waals surface area contributed by atoms with E-state index in [0.717, 1.165) is 25.7 Å². The van der Waals surface area contributed by atoms with Gasteiger partial charge in [-0.1, -0.05) is 37.7 Å². The molecule has 194 valence electrons. The van der Waals surface area contributed by atoms with Gasteiger partial charge in [0.2, 0.25) is 0 Å². The zero-order chi connectivity index (χ0) is 26.1. The Morgan fingerprint density at radius 2 is 1.94 bits per heavy atom. The number of carbonyl (C=O) groups excluding carboxylic acids is 1. The molecule has 3 aromatic heterocycles. The molecule has 0 bridgehead atoms. The van der Waals surface area contributed by atoms with Crippen molar-refractivity contribution in [1.82, 2.24) is 24.7 Å². The second-order valence-corrected chi connectivity index (χ2v) is 9.23. The molecule has 0 saturated heterocycles. The smallest absolute Gasteiger partial charge is 0.367 e. The van der Waals surface area contributed by atoms with Gasteiger partial charge in [-0.05, 0) is 49.7 Å². The largest absolute Gasteiger partial charge is 0.446 e. The number of nitrogens with one attached hydrogen (secondary N) is 2. The van der Waals surface area contributed by atoms with Crippen LogP contribution < -0.4 is 16.4 Å². The molecule has 4 rings (SSSR count). The summed E-state index contributed by atoms with van der Waals surface area (Å²) in [5.41, 5.74) is 0.747. The van der Waals surface area contributed by atoms with Crippen LogP contribution in [0.25, 0.3) is 5.52 Å². The average Bonchev–Trinajstić information content (AvgIpc) is 3.32. The molecule has 3 aromatic rings. The van der Waals surface area contributed by atoms with E-state index in [9.17, 15) is 18.0 Å². The number of nitrogens with zero attached hydrogens (tertiary/aromatic N) is 4. The van der Waals surface area contributed by atoms with Gasteiger partial charge in [0.05, 0.1) is 28.7 Å². The molecule has 0 aliphatic heterocycles. The van der Waals surface area contributed by atoms with Crippen LogP contribution in [0.15, 0.2) is 35.5 Å². The minimum absolute atomic E-state index is 0.0214. The Hall–Kier alpha value is -3.17. The molecular weight excluding hydrogens is 491 g/mol. The summed E-state index contributed by atoms with van der Waals surface area (Å²) in [5.74, 6) is 5.71. The molecule has 1 saturated carbocycles. The second-order valence-electron chi connectivity index (χ2n) is 8.15. The molecule has 12 heteroatoms. The number of anilines is 1. The summed E-state index contributed by atoms with van der Waals surface area (Å²) >= 11 is -0.226. The van der Waals surface area contributed by atoms with Gasteiger partial charge in [-0.2, -0.15) is 23.4 Å². The van der Waals surface area contributed by atoms with Gasteiger partial charge in [0.15, 0.2) is 0 Å². The predicted octanol–water partition coefficient (Wildman–Crippen LogP) is 4.17. The third kappa shape index (κ3) is 7.41. The highest BCUT2D eigenvalue weighted by Gasteiger charge is 2.33. The van der Waals surface area contributed by atoms with Crippen LogP contribution in [0.3, 0.4) is 0 Å². The molecule has 0 aromatic carbocycles. The maximum absolute atomic E-state index is 13.3. The number of amides is 1. The Bertz CT molecular complexity index is 1220. The molecule has 0 spiro atoms. The van der Waals surface area contributed by atoms with Crippen molar-refractivity contribution in [2.45, 2.75) is 55.0 Å². The van der Waals surface area contributed by atoms with E-state index in [1.165, 1.54) is 35.3 Å². The normalized spacial score (nSPS) is 14.3. The fraction of sp³-hybridized carbons (Fsp3) is 0.458. The van der Waals surface area contributed by atoms with Crippen molar-refractivity contribution in [2.75, 3.05) is 18.9 Å². The summed E-state index contributed by atoms with van der Waals surface area (Å²) in [5, 5.41) is 14.4. The fourth-order valence-electron chi connectivity index (χ4n) is 3.98. The van der Waals surface area contributed by atoms with Gasteiger partial charge in [0, 0.05) is 19.3 Å². The van der Waals surface area contributed by atoms with Crippen LogP contribution in [0, 0.1) is 11.8 Å². The van der Waals surface area contributed by atoms with E-state index in [4.69, 9.17) is 0 Å². The van der Waals surface area contributed by atoms with E-state index in [2.05, 4.69) is 38.4 Å². The molecule has 1 aliphatic rings. The van der Waals surface area contributed by atoms with Gasteiger partial charge in [-0.25, -0.2) is 4.52 Å². The van der Waals surface area contributed by atoms with E-state index in [-0.39, 0.29) is 40.8 Å². The number of nitrogens with two attached hydrogens (primary N) is 1. The van der Waals surface area contributed by atoms with Crippen molar-refractivity contribution in [3.05, 3.63) is 41.9 Å². The first-order chi connectivity index (χ1) is 17.3. The van der Waals surface area contributed by atoms with Crippen LogP contribution in [0.2, 0.25) is 0 Å². The molecule has 1 fully saturated rings. The van der Waals surface area contributed by atoms with Crippen molar-refractivity contribution in [3.63, 3.8) is 0 Å². The number of aromatic nitrogens is 4. The summed E-state index contributed by atoms with van der Waals surface area (Å²) in [7, 11) is 3.19. The summed E-state index contributed by atoms with van der Waals surface area (Å²) < 4.78 is 43.0. The van der Waals surface area contributed by atoms with E-state index in [0.29, 0.717) is 16.9 Å². The van der Waals surface area contributed by atoms with Crippen LogP contribution in [0.5, 0.6) is 0 Å². The Balaban J connectivity index is 0.00000176. The molecule has 4 N–H and O–H groups in total. The Morgan fingerprint density at radius 1 is 1.22 bits per heavy atom. The van der Waals surface area contributed by atoms with Crippen molar-refractivity contribution in [3.8, 4) is 11.8 Å². The lowest BCUT2D eigenvalue weighted by atomic mass is 10.1. The quantitative estimate of drug-likeness (QED) is 0.265. The van der Waals surface area contributed by atoms with Crippen LogP contribution in [-0.4, -0.2) is 50.4 Å². The fourth-order valence-corrected chi connectivity index (χ4v) is 4.66. The highest BCUT2D eigenvalue weighted by molar-refractivity contribution is 8.00. The third-order valence-electron chi connectivity index (χ3n) is 5.55. The first-order valence-electron chi connectivity index (χ1n) is 11.7. The number of rotatable bonds is 5. The molecule has 0 radical (unpaired) electrons. The summed E-state index contributed by atoms with van der Waals surface area (Å²) in [4.78, 5) is 12.1. The van der Waals surface area contributed by atoms with E-state index < -0.39 is 5.51 Å². The molecular formula is C24H30F3N7OS. The third-order valence-corrected chi connectivity index (χ3v) is 6.39. The first-order valence-corrected chi connectivity index (χ1v) is 12.5. The first kappa shape index (κ1) is 27.4. The molecule has 1 amide bonds. The minimum atomic E-state index is -4.49. The van der Waals surface area contributed by atoms with Gasteiger partial charge >= 0.3 is 5.51 Å². The lowest BCUT2D eigenvalue weighted by Gasteiger charge is -2.18. The van der Waals surface area contributed by atoms with Crippen molar-refractivity contribution >= 4 is 29.0 Å². The number of hydrogen-bond acceptors (Lipinski definition) is 6. The molecule has 3 heterocycles. The van der Waals surface area contributed by atoms with Gasteiger partial charge in [0.1, 0.15) is 11.5 Å². The predicted molar refractivity (Wildman–Crippen MR) is 135 cm³/mol. The Morgan fingerprint density at radius 3 is 2.58 bits per heavy atom. The monoisotopic (exact) mass is 521 g/mol. The molecule has 0 unspecified atom stereocenters. The van der Waals surface area contributed by atoms with Gasteiger partial charge in [-0.3, -0.25) is 9.48 Å². The number of aryl methyl sites for hydroxylation is 1. The summed E-state index contributed by atoms with van der Waals surface area (Å²) in [6.45, 7) is -0.0368. The number of halogens is 3. The van der Waals surface area contributed by atoms with E-state index in [1.807, 2.05) is 6.07 Å². The number of pyridine rings is 1. The second kappa shape index (κ2) is 12.7. The zero-order valence-corrected chi connectivity index (χ0v) is 21.0. The molecule has 0 atom stereocenters. The zero-order valence-electron chi connectivity index (χ0n) is 20.2. The van der Waals surface area contributed by atoms with Gasteiger partial charge in [-0.15, -0.1) is 0 Å². The van der Waals surface area contributed by atoms with Crippen LogP contribution in [-0.2, 0) is 7.05 Å². The Labute approximate surface area is 212 Å². The lowest BCUT2D eigenvalue weighted by Crippen LogP contribution is -2.23. The van der Waals surface area contributed by atoms with Crippen LogP contribution >= 0.6 is 11.8 Å². The van der Waals surface area contributed by atoms with Crippen LogP contribution in [0.1, 0.15) is 54.6 Å². The number of thioether (sulfide) groups is 1. The Kier molecular flexibility index (Phi) is 9.66. The maximum Gasteiger partial charge on any atom is 0.446 e. The average molecular weight is 522 g/mol. The summed E-state index contributed by atoms with van der Waals surface area (Å²) in [6.07, 6.45) is 9.68. The maximum atomic E-state index is 13.3. The topological polar surface area (TPSA) is 102 Å². The van der Waals surface area contributed by atoms with Gasteiger partial charge < -0.3 is 16.4 Å². The number of alkyl halides is 3. The van der Waals surface area contributed by atoms with E-state index in [1.54, 1.807) is 25.4 Å². The van der Waals surface area contributed by atoms with Crippen molar-refractivity contribution in [1.29, 1.82) is 0 Å². The molecule has 1 aliphatic carbocycles. The lowest BCUT2D eigenvalue weighted by molar-refractivity contribution is -0.0327. The SMILES string of the molecule is CN.Cn1cc(C(=O)NCC#Cc2nn3c(NC4CCCCCC4)cccc3c2SC(F)(F)F)cn1. The highest BCUT2D eigenvalue weighted by Crippen LogP contribution is 2.41. The van der Waals surface area contributed by atoms with Crippen molar-refractivity contribution in [2.24, 2.45) is 12.8 Å². The van der Waals surface area contributed by atoms with E-state index >= 15 is 0 Å². The van der Waals surface area contributed by atoms with Gasteiger partial charge in [0.25, 0.3) is 5.91 Å². The minimum Gasteiger partial charge on any atom is -0.367 e. The van der Waals surface area contributed by atoms with Crippen LogP contribution in [0.4, 0.5) is 19.0 Å². The summed E-state index contributed by atoms with van der Waals surface area (Å²) in [6, 6.07) is 5.41.